The van der Waals surface area contributed by atoms with Gasteiger partial charge in [0.15, 0.2) is 0 Å². The van der Waals surface area contributed by atoms with Gasteiger partial charge in [0.2, 0.25) is 16.0 Å². The molecule has 0 aliphatic carbocycles. The quantitative estimate of drug-likeness (QED) is 0.618. The van der Waals surface area contributed by atoms with Crippen molar-refractivity contribution >= 4 is 47.5 Å². The topological polar surface area (TPSA) is 73.3 Å². The summed E-state index contributed by atoms with van der Waals surface area (Å²) in [6.45, 7) is 3.64. The highest BCUT2D eigenvalue weighted by molar-refractivity contribution is 7.89. The fraction of sp³-hybridized carbons (Fsp3) is 0.250. The number of benzene rings is 2. The minimum atomic E-state index is -3.53. The molecule has 7 heteroatoms. The number of hydrogen-bond donors (Lipinski definition) is 2. The first-order chi connectivity index (χ1) is 12.7. The molecule has 2 aromatic carbocycles. The molecule has 1 aliphatic heterocycles. The van der Waals surface area contributed by atoms with Crippen LogP contribution in [0.3, 0.4) is 0 Å². The number of nitrogens with zero attached hydrogens (tertiary/aromatic N) is 1. The van der Waals surface area contributed by atoms with Crippen LogP contribution in [-0.4, -0.2) is 31.5 Å². The molecule has 0 radical (unpaired) electrons. The average molecular weight is 398 g/mol. The van der Waals surface area contributed by atoms with E-state index in [9.17, 15) is 8.42 Å². The van der Waals surface area contributed by atoms with Crippen LogP contribution >= 0.6 is 11.3 Å². The van der Waals surface area contributed by atoms with Crippen molar-refractivity contribution in [2.24, 2.45) is 0 Å². The number of rotatable bonds is 1. The Morgan fingerprint density at radius 3 is 2.52 bits per heavy atom. The van der Waals surface area contributed by atoms with Crippen LogP contribution in [0.2, 0.25) is 0 Å². The average Bonchev–Trinajstić information content (AvgIpc) is 2.97. The number of hydrogen-bond acceptors (Lipinski definition) is 4. The smallest absolute Gasteiger partial charge is 0.239 e. The Labute approximate surface area is 162 Å². The Morgan fingerprint density at radius 1 is 1.19 bits per heavy atom. The van der Waals surface area contributed by atoms with E-state index < -0.39 is 15.6 Å². The van der Waals surface area contributed by atoms with Crippen LogP contribution in [0.25, 0.3) is 20.2 Å². The zero-order chi connectivity index (χ0) is 19.4. The Morgan fingerprint density at radius 2 is 1.85 bits per heavy atom. The van der Waals surface area contributed by atoms with E-state index >= 15 is 0 Å². The van der Waals surface area contributed by atoms with Crippen molar-refractivity contribution < 1.29 is 8.42 Å². The lowest BCUT2D eigenvalue weighted by Crippen LogP contribution is -2.60. The molecule has 138 valence electrons. The summed E-state index contributed by atoms with van der Waals surface area (Å²) in [5.41, 5.74) is 0.956. The zero-order valence-corrected chi connectivity index (χ0v) is 16.9. The summed E-state index contributed by atoms with van der Waals surface area (Å²) >= 11 is 1.71. The van der Waals surface area contributed by atoms with Gasteiger partial charge in [0.25, 0.3) is 0 Å². The van der Waals surface area contributed by atoms with Gasteiger partial charge in [0.1, 0.15) is 0 Å². The summed E-state index contributed by atoms with van der Waals surface area (Å²) in [6, 6.07) is 12.2. The molecule has 0 spiro atoms. The van der Waals surface area contributed by atoms with Crippen molar-refractivity contribution in [3.8, 4) is 11.8 Å². The van der Waals surface area contributed by atoms with Crippen LogP contribution in [0.4, 0.5) is 0 Å². The van der Waals surface area contributed by atoms with Gasteiger partial charge in [-0.1, -0.05) is 12.0 Å². The van der Waals surface area contributed by atoms with E-state index in [0.717, 1.165) is 30.9 Å². The lowest BCUT2D eigenvalue weighted by Gasteiger charge is -2.40. The third-order valence-corrected chi connectivity index (χ3v) is 8.08. The van der Waals surface area contributed by atoms with Crippen molar-refractivity contribution in [3.63, 3.8) is 0 Å². The van der Waals surface area contributed by atoms with Crippen molar-refractivity contribution in [2.75, 3.05) is 12.8 Å². The summed E-state index contributed by atoms with van der Waals surface area (Å²) in [4.78, 5) is 0. The molecule has 2 N–H and O–H groups in total. The second-order valence-corrected chi connectivity index (χ2v) is 10.0. The third kappa shape index (κ3) is 2.85. The fourth-order valence-electron chi connectivity index (χ4n) is 3.48. The number of sulfonamides is 1. The molecule has 0 saturated carbocycles. The molecule has 1 saturated heterocycles. The van der Waals surface area contributed by atoms with Crippen LogP contribution in [0.15, 0.2) is 36.4 Å². The van der Waals surface area contributed by atoms with Gasteiger partial charge < -0.3 is 5.32 Å². The van der Waals surface area contributed by atoms with Crippen molar-refractivity contribution in [1.29, 1.82) is 5.41 Å². The molecule has 5 nitrogen and oxygen atoms in total. The van der Waals surface area contributed by atoms with Gasteiger partial charge >= 0.3 is 0 Å². The lowest BCUT2D eigenvalue weighted by atomic mass is 9.92. The molecule has 0 unspecified atom stereocenters. The molecule has 4 rings (SSSR count). The van der Waals surface area contributed by atoms with Gasteiger partial charge in [-0.2, -0.15) is 0 Å². The normalized spacial score (nSPS) is 21.7. The second kappa shape index (κ2) is 5.98. The molecule has 27 heavy (non-hydrogen) atoms. The number of fused-ring (bicyclic) bond motifs is 3. The Balaban J connectivity index is 1.89. The largest absolute Gasteiger partial charge is 0.345 e. The maximum Gasteiger partial charge on any atom is 0.239 e. The Hall–Kier alpha value is -2.56. The standard InChI is InChI=1S/C20H19N3O2S2/c1-4-5-13-6-8-17-15(10-13)16-11-14(7-9-18(16)26-17)20(2)12-27(24,25)23(3)19(21)22-20/h6-11H,12H2,1-3H3,(H2,21,22)/t20-/m0/s1. The lowest BCUT2D eigenvalue weighted by molar-refractivity contribution is 0.419. The van der Waals surface area contributed by atoms with Crippen LogP contribution in [-0.2, 0) is 15.6 Å². The van der Waals surface area contributed by atoms with E-state index in [1.54, 1.807) is 11.3 Å². The Kier molecular flexibility index (Phi) is 3.95. The minimum absolute atomic E-state index is 0.0982. The Bertz CT molecular complexity index is 1260. The van der Waals surface area contributed by atoms with Crippen molar-refractivity contribution in [2.45, 2.75) is 19.4 Å². The van der Waals surface area contributed by atoms with Gasteiger partial charge in [0, 0.05) is 32.8 Å². The molecule has 1 fully saturated rings. The van der Waals surface area contributed by atoms with Crippen molar-refractivity contribution in [1.82, 2.24) is 9.62 Å². The summed E-state index contributed by atoms with van der Waals surface area (Å²) < 4.78 is 28.2. The van der Waals surface area contributed by atoms with Gasteiger partial charge in [-0.25, -0.2) is 12.7 Å². The van der Waals surface area contributed by atoms with E-state index in [1.165, 1.54) is 11.7 Å². The highest BCUT2D eigenvalue weighted by atomic mass is 32.2. The van der Waals surface area contributed by atoms with Crippen LogP contribution in [0.1, 0.15) is 25.0 Å². The van der Waals surface area contributed by atoms with Crippen LogP contribution in [0.5, 0.6) is 0 Å². The van der Waals surface area contributed by atoms with E-state index in [2.05, 4.69) is 29.3 Å². The first kappa shape index (κ1) is 17.8. The van der Waals surface area contributed by atoms with Gasteiger partial charge in [-0.15, -0.1) is 17.3 Å². The summed E-state index contributed by atoms with van der Waals surface area (Å²) in [5.74, 6) is 5.81. The first-order valence-electron chi connectivity index (χ1n) is 8.46. The number of nitrogens with one attached hydrogen (secondary N) is 2. The van der Waals surface area contributed by atoms with Crippen LogP contribution < -0.4 is 5.32 Å². The molecule has 1 atom stereocenters. The van der Waals surface area contributed by atoms with E-state index in [4.69, 9.17) is 5.41 Å². The van der Waals surface area contributed by atoms with E-state index in [1.807, 2.05) is 38.1 Å². The van der Waals surface area contributed by atoms with Gasteiger partial charge in [0.05, 0.1) is 11.3 Å². The van der Waals surface area contributed by atoms with Gasteiger partial charge in [-0.3, -0.25) is 5.41 Å². The molecule has 1 aromatic heterocycles. The minimum Gasteiger partial charge on any atom is -0.345 e. The molecule has 0 amide bonds. The number of thiophene rings is 1. The first-order valence-corrected chi connectivity index (χ1v) is 10.9. The number of guanidine groups is 1. The maximum atomic E-state index is 12.5. The molecule has 0 bridgehead atoms. The summed E-state index contributed by atoms with van der Waals surface area (Å²) in [5, 5.41) is 13.3. The molecule has 3 aromatic rings. The van der Waals surface area contributed by atoms with E-state index in [-0.39, 0.29) is 11.7 Å². The monoisotopic (exact) mass is 397 g/mol. The SMILES string of the molecule is CC#Cc1ccc2sc3ccc([C@]4(C)CS(=O)(=O)N(C)C(=N)N4)cc3c2c1. The molecular weight excluding hydrogens is 378 g/mol. The zero-order valence-electron chi connectivity index (χ0n) is 15.3. The second-order valence-electron chi connectivity index (χ2n) is 6.93. The fourth-order valence-corrected chi connectivity index (χ4v) is 6.03. The molecular formula is C20H19N3O2S2. The third-order valence-electron chi connectivity index (χ3n) is 4.97. The highest BCUT2D eigenvalue weighted by Crippen LogP contribution is 2.37. The molecule has 2 heterocycles. The van der Waals surface area contributed by atoms with Gasteiger partial charge in [-0.05, 0) is 49.7 Å². The van der Waals surface area contributed by atoms with Crippen molar-refractivity contribution in [3.05, 3.63) is 47.5 Å². The highest BCUT2D eigenvalue weighted by Gasteiger charge is 2.41. The van der Waals surface area contributed by atoms with E-state index in [0.29, 0.717) is 0 Å². The summed E-state index contributed by atoms with van der Waals surface area (Å²) in [6.07, 6.45) is 0. The maximum absolute atomic E-state index is 12.5. The molecule has 1 aliphatic rings. The predicted octanol–water partition coefficient (Wildman–Crippen LogP) is 3.44. The van der Waals surface area contributed by atoms with Crippen LogP contribution in [0, 0.1) is 17.3 Å². The summed E-state index contributed by atoms with van der Waals surface area (Å²) in [7, 11) is -2.13. The predicted molar refractivity (Wildman–Crippen MR) is 112 cm³/mol.